The topological polar surface area (TPSA) is 51.1 Å². The van der Waals surface area contributed by atoms with Crippen LogP contribution in [-0.4, -0.2) is 17.0 Å². The van der Waals surface area contributed by atoms with Crippen molar-refractivity contribution >= 4 is 32.7 Å². The molecule has 0 saturated carbocycles. The first-order chi connectivity index (χ1) is 10.3. The minimum Gasteiger partial charge on any atom is -0.351 e. The van der Waals surface area contributed by atoms with Gasteiger partial charge in [0.2, 0.25) is 5.43 Å². The average Bonchev–Trinajstić information content (AvgIpc) is 2.82. The number of nitrogens with one attached hydrogen (secondary N) is 1. The Hall–Kier alpha value is -1.62. The van der Waals surface area contributed by atoms with E-state index in [9.17, 15) is 9.59 Å². The van der Waals surface area contributed by atoms with E-state index in [0.29, 0.717) is 11.9 Å². The van der Waals surface area contributed by atoms with Gasteiger partial charge in [0, 0.05) is 29.1 Å². The number of halogens is 1. The van der Waals surface area contributed by atoms with Gasteiger partial charge in [-0.15, -0.1) is 0 Å². The van der Waals surface area contributed by atoms with Crippen LogP contribution in [0.15, 0.2) is 27.6 Å². The molecule has 116 valence electrons. The molecule has 1 N–H and O–H groups in total. The van der Waals surface area contributed by atoms with Gasteiger partial charge in [0.25, 0.3) is 5.91 Å². The van der Waals surface area contributed by atoms with Gasteiger partial charge in [-0.25, -0.2) is 0 Å². The van der Waals surface area contributed by atoms with E-state index in [4.69, 9.17) is 0 Å². The Morgan fingerprint density at radius 2 is 2.09 bits per heavy atom. The molecule has 3 rings (SSSR count). The second-order valence-electron chi connectivity index (χ2n) is 7.02. The fraction of sp³-hybridized carbons (Fsp3) is 0.412. The van der Waals surface area contributed by atoms with Crippen LogP contribution in [0.4, 0.5) is 0 Å². The number of aromatic nitrogens is 1. The number of aryl methyl sites for hydroxylation is 2. The van der Waals surface area contributed by atoms with Gasteiger partial charge in [0.05, 0.1) is 5.52 Å². The Kier molecular flexibility index (Phi) is 3.63. The summed E-state index contributed by atoms with van der Waals surface area (Å²) in [7, 11) is 0. The van der Waals surface area contributed by atoms with E-state index in [1.54, 1.807) is 6.20 Å². The smallest absolute Gasteiger partial charge is 0.256 e. The summed E-state index contributed by atoms with van der Waals surface area (Å²) in [5.41, 5.74) is 2.13. The molecule has 5 heteroatoms. The predicted molar refractivity (Wildman–Crippen MR) is 91.4 cm³/mol. The number of benzene rings is 1. The van der Waals surface area contributed by atoms with Crippen LogP contribution in [-0.2, 0) is 13.0 Å². The normalized spacial score (nSPS) is 13.6. The maximum atomic E-state index is 12.7. The number of amides is 1. The number of hydrogen-bond acceptors (Lipinski definition) is 2. The molecule has 1 aliphatic rings. The Balaban J connectivity index is 2.08. The molecule has 1 aromatic heterocycles. The van der Waals surface area contributed by atoms with Crippen molar-refractivity contribution < 1.29 is 4.79 Å². The number of hydrogen-bond donors (Lipinski definition) is 1. The van der Waals surface area contributed by atoms with Crippen LogP contribution in [0.2, 0.25) is 0 Å². The molecule has 0 fully saturated rings. The zero-order chi connectivity index (χ0) is 16.1. The number of nitrogens with zero attached hydrogens (tertiary/aromatic N) is 1. The molecule has 2 aromatic rings. The third-order valence-electron chi connectivity index (χ3n) is 3.86. The monoisotopic (exact) mass is 362 g/mol. The molecule has 4 nitrogen and oxygen atoms in total. The zero-order valence-electron chi connectivity index (χ0n) is 13.0. The molecule has 0 unspecified atom stereocenters. The molecule has 0 atom stereocenters. The van der Waals surface area contributed by atoms with Crippen molar-refractivity contribution in [3.8, 4) is 0 Å². The molecule has 2 heterocycles. The number of carbonyl (C=O) groups excluding carboxylic acids is 1. The largest absolute Gasteiger partial charge is 0.351 e. The average molecular weight is 363 g/mol. The molecule has 0 spiro atoms. The fourth-order valence-electron chi connectivity index (χ4n) is 2.80. The predicted octanol–water partition coefficient (Wildman–Crippen LogP) is 3.10. The van der Waals surface area contributed by atoms with Crippen molar-refractivity contribution in [2.24, 2.45) is 5.41 Å². The van der Waals surface area contributed by atoms with E-state index in [1.807, 2.05) is 37.5 Å². The quantitative estimate of drug-likeness (QED) is 0.892. The minimum absolute atomic E-state index is 0.0182. The highest BCUT2D eigenvalue weighted by atomic mass is 79.9. The van der Waals surface area contributed by atoms with E-state index in [2.05, 4.69) is 21.2 Å². The van der Waals surface area contributed by atoms with E-state index in [1.165, 1.54) is 0 Å². The molecule has 0 saturated heterocycles. The van der Waals surface area contributed by atoms with Crippen LogP contribution >= 0.6 is 15.9 Å². The van der Waals surface area contributed by atoms with Crippen molar-refractivity contribution in [3.63, 3.8) is 0 Å². The Morgan fingerprint density at radius 3 is 2.77 bits per heavy atom. The Bertz CT molecular complexity index is 831. The highest BCUT2D eigenvalue weighted by molar-refractivity contribution is 9.10. The van der Waals surface area contributed by atoms with Crippen molar-refractivity contribution in [2.75, 3.05) is 6.54 Å². The summed E-state index contributed by atoms with van der Waals surface area (Å²) in [6.45, 7) is 7.48. The highest BCUT2D eigenvalue weighted by Crippen LogP contribution is 2.28. The molecule has 1 aromatic carbocycles. The van der Waals surface area contributed by atoms with Crippen LogP contribution in [0.5, 0.6) is 0 Å². The lowest BCUT2D eigenvalue weighted by Crippen LogP contribution is -2.35. The third kappa shape index (κ3) is 2.70. The molecule has 1 amide bonds. The molecule has 0 radical (unpaired) electrons. The summed E-state index contributed by atoms with van der Waals surface area (Å²) in [6.07, 6.45) is 2.59. The first-order valence-electron chi connectivity index (χ1n) is 7.40. The van der Waals surface area contributed by atoms with Crippen LogP contribution in [0.3, 0.4) is 0 Å². The molecule has 0 bridgehead atoms. The van der Waals surface area contributed by atoms with E-state index < -0.39 is 0 Å². The van der Waals surface area contributed by atoms with Gasteiger partial charge in [-0.2, -0.15) is 0 Å². The van der Waals surface area contributed by atoms with E-state index in [0.717, 1.165) is 28.5 Å². The lowest BCUT2D eigenvalue weighted by Gasteiger charge is -2.18. The molecule has 22 heavy (non-hydrogen) atoms. The zero-order valence-corrected chi connectivity index (χ0v) is 14.6. The second-order valence-corrected chi connectivity index (χ2v) is 7.94. The maximum Gasteiger partial charge on any atom is 0.256 e. The van der Waals surface area contributed by atoms with Gasteiger partial charge >= 0.3 is 0 Å². The number of pyridine rings is 1. The lowest BCUT2D eigenvalue weighted by atomic mass is 9.97. The van der Waals surface area contributed by atoms with Crippen LogP contribution < -0.4 is 10.7 Å². The van der Waals surface area contributed by atoms with Crippen LogP contribution in [0, 0.1) is 5.41 Å². The summed E-state index contributed by atoms with van der Waals surface area (Å²) in [4.78, 5) is 25.1. The Labute approximate surface area is 137 Å². The molecular weight excluding hydrogens is 344 g/mol. The van der Waals surface area contributed by atoms with Crippen molar-refractivity contribution in [1.29, 1.82) is 0 Å². The minimum atomic E-state index is -0.293. The highest BCUT2D eigenvalue weighted by Gasteiger charge is 2.22. The molecule has 0 aliphatic carbocycles. The maximum absolute atomic E-state index is 12.7. The van der Waals surface area contributed by atoms with Gasteiger partial charge in [-0.05, 0) is 29.5 Å². The van der Waals surface area contributed by atoms with Gasteiger partial charge in [0.1, 0.15) is 5.56 Å². The van der Waals surface area contributed by atoms with Gasteiger partial charge in [0.15, 0.2) is 0 Å². The van der Waals surface area contributed by atoms with E-state index in [-0.39, 0.29) is 22.3 Å². The first-order valence-corrected chi connectivity index (χ1v) is 8.19. The Morgan fingerprint density at radius 1 is 1.36 bits per heavy atom. The SMILES string of the molecule is CC(C)(C)CNC(=O)c1cn2c3c(cc(Br)cc3c1=O)CC2. The fourth-order valence-corrected chi connectivity index (χ4v) is 3.31. The number of carbonyl (C=O) groups is 1. The lowest BCUT2D eigenvalue weighted by molar-refractivity contribution is 0.0937. The number of rotatable bonds is 2. The first kappa shape index (κ1) is 15.3. The molecular formula is C17H19BrN2O2. The van der Waals surface area contributed by atoms with Gasteiger partial charge in [-0.3, -0.25) is 9.59 Å². The van der Waals surface area contributed by atoms with Crippen molar-refractivity contribution in [2.45, 2.75) is 33.7 Å². The van der Waals surface area contributed by atoms with Crippen LogP contribution in [0.25, 0.3) is 10.9 Å². The third-order valence-corrected chi connectivity index (χ3v) is 4.32. The summed E-state index contributed by atoms with van der Waals surface area (Å²) in [6, 6.07) is 3.86. The van der Waals surface area contributed by atoms with Gasteiger partial charge in [-0.1, -0.05) is 36.7 Å². The summed E-state index contributed by atoms with van der Waals surface area (Å²) in [5, 5.41) is 3.48. The summed E-state index contributed by atoms with van der Waals surface area (Å²) in [5.74, 6) is -0.293. The standard InChI is InChI=1S/C17H19BrN2O2/c1-17(2,3)9-19-16(22)13-8-20-5-4-10-6-11(18)7-12(14(10)20)15(13)21/h6-8H,4-5,9H2,1-3H3,(H,19,22). The molecule has 1 aliphatic heterocycles. The van der Waals surface area contributed by atoms with Crippen molar-refractivity contribution in [3.05, 3.63) is 44.2 Å². The summed E-state index contributed by atoms with van der Waals surface area (Å²) < 4.78 is 2.90. The van der Waals surface area contributed by atoms with Gasteiger partial charge < -0.3 is 9.88 Å². The summed E-state index contributed by atoms with van der Waals surface area (Å²) >= 11 is 3.45. The van der Waals surface area contributed by atoms with Crippen molar-refractivity contribution in [1.82, 2.24) is 9.88 Å². The van der Waals surface area contributed by atoms with Crippen LogP contribution in [0.1, 0.15) is 36.7 Å². The van der Waals surface area contributed by atoms with E-state index >= 15 is 0 Å². The second kappa shape index (κ2) is 5.23.